The molecule has 4 heteroatoms. The number of benzene rings is 2. The van der Waals surface area contributed by atoms with E-state index >= 15 is 0 Å². The van der Waals surface area contributed by atoms with Crippen molar-refractivity contribution in [3.8, 4) is 11.5 Å². The molecule has 2 rings (SSSR count). The monoisotopic (exact) mass is 342 g/mol. The van der Waals surface area contributed by atoms with E-state index in [1.807, 2.05) is 31.2 Å². The molecule has 2 aromatic carbocycles. The summed E-state index contributed by atoms with van der Waals surface area (Å²) in [7, 11) is 0. The van der Waals surface area contributed by atoms with Gasteiger partial charge in [0.2, 0.25) is 0 Å². The Morgan fingerprint density at radius 3 is 2.20 bits per heavy atom. The average molecular weight is 342 g/mol. The van der Waals surface area contributed by atoms with Crippen molar-refractivity contribution in [2.75, 3.05) is 13.1 Å². The van der Waals surface area contributed by atoms with Crippen LogP contribution in [0.25, 0.3) is 0 Å². The fourth-order valence-electron chi connectivity index (χ4n) is 3.05. The molecule has 0 aliphatic carbocycles. The lowest BCUT2D eigenvalue weighted by Gasteiger charge is -2.23. The number of nitrogens with zero attached hydrogens (tertiary/aromatic N) is 1. The average Bonchev–Trinajstić information content (AvgIpc) is 2.58. The van der Waals surface area contributed by atoms with E-state index in [4.69, 9.17) is 0 Å². The molecule has 0 aliphatic heterocycles. The van der Waals surface area contributed by atoms with Gasteiger partial charge in [0.15, 0.2) is 0 Å². The van der Waals surface area contributed by atoms with Crippen LogP contribution in [0, 0.1) is 13.8 Å². The van der Waals surface area contributed by atoms with Gasteiger partial charge in [-0.1, -0.05) is 49.2 Å². The van der Waals surface area contributed by atoms with Crippen molar-refractivity contribution in [1.29, 1.82) is 0 Å². The minimum Gasteiger partial charge on any atom is -0.508 e. The summed E-state index contributed by atoms with van der Waals surface area (Å²) in [4.78, 5) is 2.22. The third kappa shape index (κ3) is 5.21. The van der Waals surface area contributed by atoms with Gasteiger partial charge < -0.3 is 15.5 Å². The summed E-state index contributed by atoms with van der Waals surface area (Å²) < 4.78 is 0. The Kier molecular flexibility index (Phi) is 6.85. The Hall–Kier alpha value is -2.04. The van der Waals surface area contributed by atoms with E-state index in [1.54, 1.807) is 6.07 Å². The van der Waals surface area contributed by atoms with Crippen molar-refractivity contribution in [1.82, 2.24) is 10.2 Å². The van der Waals surface area contributed by atoms with Gasteiger partial charge in [0.1, 0.15) is 11.5 Å². The van der Waals surface area contributed by atoms with Crippen LogP contribution >= 0.6 is 0 Å². The van der Waals surface area contributed by atoms with Crippen molar-refractivity contribution in [2.45, 2.75) is 47.3 Å². The van der Waals surface area contributed by atoms with Gasteiger partial charge >= 0.3 is 0 Å². The van der Waals surface area contributed by atoms with Crippen molar-refractivity contribution >= 4 is 0 Å². The fourth-order valence-corrected chi connectivity index (χ4v) is 3.05. The summed E-state index contributed by atoms with van der Waals surface area (Å²) in [6.07, 6.45) is 0. The van der Waals surface area contributed by atoms with Crippen LogP contribution in [0.3, 0.4) is 0 Å². The predicted molar refractivity (Wildman–Crippen MR) is 103 cm³/mol. The molecule has 25 heavy (non-hydrogen) atoms. The van der Waals surface area contributed by atoms with Gasteiger partial charge in [-0.25, -0.2) is 0 Å². The van der Waals surface area contributed by atoms with Crippen LogP contribution in [0.15, 0.2) is 30.3 Å². The number of rotatable bonds is 8. The van der Waals surface area contributed by atoms with Crippen LogP contribution in [-0.4, -0.2) is 28.2 Å². The van der Waals surface area contributed by atoms with Crippen LogP contribution in [0.5, 0.6) is 11.5 Å². The second kappa shape index (κ2) is 8.88. The van der Waals surface area contributed by atoms with Crippen LogP contribution in [0.2, 0.25) is 0 Å². The number of aromatic hydroxyl groups is 2. The number of phenolic OH excluding ortho intramolecular Hbond substituents is 2. The van der Waals surface area contributed by atoms with Crippen LogP contribution in [0.1, 0.15) is 41.7 Å². The predicted octanol–water partition coefficient (Wildman–Crippen LogP) is 3.85. The number of hydrogen-bond acceptors (Lipinski definition) is 4. The molecule has 3 N–H and O–H groups in total. The van der Waals surface area contributed by atoms with Crippen molar-refractivity contribution in [3.63, 3.8) is 0 Å². The van der Waals surface area contributed by atoms with E-state index in [2.05, 4.69) is 31.0 Å². The van der Waals surface area contributed by atoms with Crippen LogP contribution in [0.4, 0.5) is 0 Å². The third-order valence-electron chi connectivity index (χ3n) is 4.45. The highest BCUT2D eigenvalue weighted by atomic mass is 16.3. The van der Waals surface area contributed by atoms with Gasteiger partial charge in [-0.3, -0.25) is 4.90 Å². The Morgan fingerprint density at radius 2 is 1.52 bits per heavy atom. The summed E-state index contributed by atoms with van der Waals surface area (Å²) in [6, 6.07) is 9.75. The molecule has 0 aliphatic rings. The van der Waals surface area contributed by atoms with E-state index < -0.39 is 0 Å². The van der Waals surface area contributed by atoms with Gasteiger partial charge in [-0.05, 0) is 33.0 Å². The van der Waals surface area contributed by atoms with E-state index in [0.29, 0.717) is 31.1 Å². The number of nitrogens with one attached hydrogen (secondary N) is 1. The minimum absolute atomic E-state index is 0.324. The molecule has 0 radical (unpaired) electrons. The summed E-state index contributed by atoms with van der Waals surface area (Å²) in [5, 5.41) is 24.0. The second-order valence-electron chi connectivity index (χ2n) is 6.65. The van der Waals surface area contributed by atoms with Crippen molar-refractivity contribution < 1.29 is 10.2 Å². The first-order valence-corrected chi connectivity index (χ1v) is 8.97. The molecular weight excluding hydrogens is 312 g/mol. The molecule has 136 valence electrons. The molecule has 2 aromatic rings. The first-order chi connectivity index (χ1) is 11.9. The molecule has 0 spiro atoms. The van der Waals surface area contributed by atoms with Gasteiger partial charge in [0.25, 0.3) is 0 Å². The topological polar surface area (TPSA) is 55.7 Å². The zero-order valence-electron chi connectivity index (χ0n) is 15.8. The maximum absolute atomic E-state index is 10.6. The SMILES string of the molecule is CCNCc1cc(C)cc(CN(CC)Cc2cc(C)ccc2O)c1O. The zero-order chi connectivity index (χ0) is 18.4. The van der Waals surface area contributed by atoms with E-state index in [9.17, 15) is 10.2 Å². The lowest BCUT2D eigenvalue weighted by atomic mass is 10.0. The largest absolute Gasteiger partial charge is 0.508 e. The molecule has 0 saturated heterocycles. The highest BCUT2D eigenvalue weighted by molar-refractivity contribution is 5.43. The minimum atomic E-state index is 0.324. The molecule has 0 unspecified atom stereocenters. The quantitative estimate of drug-likeness (QED) is 0.682. The normalized spacial score (nSPS) is 11.2. The first kappa shape index (κ1) is 19.3. The molecule has 0 aromatic heterocycles. The maximum Gasteiger partial charge on any atom is 0.124 e. The standard InChI is InChI=1S/C21H30N2O2/c1-5-22-12-17-10-16(4)11-19(21(17)25)14-23(6-2)13-18-9-15(3)7-8-20(18)24/h7-11,22,24-25H,5-6,12-14H2,1-4H3. The van der Waals surface area contributed by atoms with Gasteiger partial charge in [-0.2, -0.15) is 0 Å². The van der Waals surface area contributed by atoms with Gasteiger partial charge in [0.05, 0.1) is 0 Å². The molecule has 0 bridgehead atoms. The fraction of sp³-hybridized carbons (Fsp3) is 0.429. The Balaban J connectivity index is 2.20. The van der Waals surface area contributed by atoms with E-state index in [-0.39, 0.29) is 0 Å². The molecule has 4 nitrogen and oxygen atoms in total. The molecule has 0 saturated carbocycles. The molecule has 0 fully saturated rings. The summed E-state index contributed by atoms with van der Waals surface area (Å²) in [5.41, 5.74) is 5.07. The zero-order valence-corrected chi connectivity index (χ0v) is 15.8. The number of aryl methyl sites for hydroxylation is 2. The second-order valence-corrected chi connectivity index (χ2v) is 6.65. The maximum atomic E-state index is 10.6. The lowest BCUT2D eigenvalue weighted by Crippen LogP contribution is -2.23. The van der Waals surface area contributed by atoms with E-state index in [1.165, 1.54) is 0 Å². The first-order valence-electron chi connectivity index (χ1n) is 8.97. The summed E-state index contributed by atoms with van der Waals surface area (Å²) >= 11 is 0. The Bertz CT molecular complexity index is 713. The van der Waals surface area contributed by atoms with Crippen molar-refractivity contribution in [2.24, 2.45) is 0 Å². The van der Waals surface area contributed by atoms with Crippen LogP contribution < -0.4 is 5.32 Å². The van der Waals surface area contributed by atoms with Gasteiger partial charge in [-0.15, -0.1) is 0 Å². The Labute approximate surface area is 151 Å². The Morgan fingerprint density at radius 1 is 0.880 bits per heavy atom. The summed E-state index contributed by atoms with van der Waals surface area (Å²) in [5.74, 6) is 0.698. The number of phenols is 2. The lowest BCUT2D eigenvalue weighted by molar-refractivity contribution is 0.263. The third-order valence-corrected chi connectivity index (χ3v) is 4.45. The highest BCUT2D eigenvalue weighted by Crippen LogP contribution is 2.27. The van der Waals surface area contributed by atoms with Gasteiger partial charge in [0, 0.05) is 36.3 Å². The molecule has 0 amide bonds. The number of hydrogen-bond donors (Lipinski definition) is 3. The smallest absolute Gasteiger partial charge is 0.124 e. The molecule has 0 heterocycles. The van der Waals surface area contributed by atoms with E-state index in [0.717, 1.165) is 40.9 Å². The summed E-state index contributed by atoms with van der Waals surface area (Å²) in [6.45, 7) is 11.9. The molecular formula is C21H30N2O2. The van der Waals surface area contributed by atoms with Crippen molar-refractivity contribution in [3.05, 3.63) is 58.1 Å². The molecule has 0 atom stereocenters. The van der Waals surface area contributed by atoms with Crippen LogP contribution in [-0.2, 0) is 19.6 Å². The highest BCUT2D eigenvalue weighted by Gasteiger charge is 2.14.